The molecule has 24 heavy (non-hydrogen) atoms. The number of fused-ring (bicyclic) bond motifs is 2. The van der Waals surface area contributed by atoms with Crippen LogP contribution >= 0.6 is 12.4 Å². The molecule has 0 amide bonds. The molecule has 1 N–H and O–H groups in total. The highest BCUT2D eigenvalue weighted by Crippen LogP contribution is 2.26. The Kier molecular flexibility index (Phi) is 5.97. The lowest BCUT2D eigenvalue weighted by Gasteiger charge is -2.23. The summed E-state index contributed by atoms with van der Waals surface area (Å²) in [5.41, 5.74) is 0. The van der Waals surface area contributed by atoms with Crippen molar-refractivity contribution in [2.24, 2.45) is 0 Å². The molecule has 2 aliphatic rings. The molecule has 2 aliphatic heterocycles. The molecule has 2 atom stereocenters. The summed E-state index contributed by atoms with van der Waals surface area (Å²) in [4.78, 5) is 0.125. The minimum atomic E-state index is -3.67. The fourth-order valence-electron chi connectivity index (χ4n) is 3.27. The van der Waals surface area contributed by atoms with Gasteiger partial charge in [-0.2, -0.15) is 4.31 Å². The first-order valence-electron chi connectivity index (χ1n) is 7.92. The van der Waals surface area contributed by atoms with Crippen molar-refractivity contribution < 1.29 is 16.8 Å². The van der Waals surface area contributed by atoms with Crippen LogP contribution in [0.2, 0.25) is 0 Å². The third-order valence-electron chi connectivity index (χ3n) is 4.67. The molecule has 2 heterocycles. The molecule has 0 aromatic heterocycles. The molecule has 0 saturated carbocycles. The normalized spacial score (nSPS) is 25.0. The Balaban J connectivity index is 0.00000208. The fraction of sp³-hybridized carbons (Fsp3) is 0.600. The summed E-state index contributed by atoms with van der Waals surface area (Å²) in [6.45, 7) is 2.47. The molecular formula is C15H23ClN2O4S2. The molecule has 2 fully saturated rings. The van der Waals surface area contributed by atoms with Gasteiger partial charge in [-0.05, 0) is 37.5 Å². The second-order valence-corrected chi connectivity index (χ2v) is 10.4. The van der Waals surface area contributed by atoms with Gasteiger partial charge >= 0.3 is 0 Å². The van der Waals surface area contributed by atoms with Crippen LogP contribution in [0.25, 0.3) is 0 Å². The van der Waals surface area contributed by atoms with E-state index >= 15 is 0 Å². The van der Waals surface area contributed by atoms with E-state index in [9.17, 15) is 16.8 Å². The van der Waals surface area contributed by atoms with Crippen LogP contribution in [0.3, 0.4) is 0 Å². The molecule has 2 bridgehead atoms. The third kappa shape index (κ3) is 3.77. The summed E-state index contributed by atoms with van der Waals surface area (Å²) in [6, 6.07) is 6.29. The van der Waals surface area contributed by atoms with Crippen molar-refractivity contribution in [2.45, 2.75) is 48.1 Å². The molecular weight excluding hydrogens is 372 g/mol. The van der Waals surface area contributed by atoms with Gasteiger partial charge in [-0.25, -0.2) is 16.8 Å². The standard InChI is InChI=1S/C15H22N2O4S2.ClH/c1-2-22(18,19)14-4-3-5-15(10-14)23(20,21)17-9-8-12-6-7-13(11-17)16-12;/h3-5,10,12-13,16H,2,6-9,11H2,1H3;1H. The fourth-order valence-corrected chi connectivity index (χ4v) is 5.82. The summed E-state index contributed by atoms with van der Waals surface area (Å²) >= 11 is 0. The smallest absolute Gasteiger partial charge is 0.243 e. The number of sulfonamides is 1. The highest BCUT2D eigenvalue weighted by Gasteiger charge is 2.35. The zero-order valence-corrected chi connectivity index (χ0v) is 16.0. The zero-order chi connectivity index (χ0) is 16.7. The van der Waals surface area contributed by atoms with Gasteiger partial charge in [-0.3, -0.25) is 0 Å². The van der Waals surface area contributed by atoms with E-state index in [1.54, 1.807) is 6.92 Å². The van der Waals surface area contributed by atoms with E-state index in [4.69, 9.17) is 0 Å². The Morgan fingerprint density at radius 3 is 2.46 bits per heavy atom. The van der Waals surface area contributed by atoms with Crippen LogP contribution < -0.4 is 5.32 Å². The predicted octanol–water partition coefficient (Wildman–Crippen LogP) is 1.42. The lowest BCUT2D eigenvalue weighted by molar-refractivity contribution is 0.383. The van der Waals surface area contributed by atoms with Gasteiger partial charge in [0.05, 0.1) is 15.5 Å². The van der Waals surface area contributed by atoms with E-state index in [1.807, 2.05) is 0 Å². The van der Waals surface area contributed by atoms with Crippen LogP contribution in [0.4, 0.5) is 0 Å². The van der Waals surface area contributed by atoms with Gasteiger partial charge in [0, 0.05) is 25.2 Å². The maximum atomic E-state index is 12.9. The lowest BCUT2D eigenvalue weighted by atomic mass is 10.1. The number of halogens is 1. The quantitative estimate of drug-likeness (QED) is 0.834. The average molecular weight is 395 g/mol. The van der Waals surface area contributed by atoms with Crippen molar-refractivity contribution >= 4 is 32.3 Å². The maximum Gasteiger partial charge on any atom is 0.243 e. The van der Waals surface area contributed by atoms with Gasteiger partial charge in [0.2, 0.25) is 10.0 Å². The number of sulfone groups is 1. The first-order chi connectivity index (χ1) is 10.8. The molecule has 136 valence electrons. The van der Waals surface area contributed by atoms with Gasteiger partial charge in [0.1, 0.15) is 0 Å². The Morgan fingerprint density at radius 1 is 1.08 bits per heavy atom. The van der Waals surface area contributed by atoms with Gasteiger partial charge in [-0.15, -0.1) is 12.4 Å². The Labute approximate surface area is 150 Å². The van der Waals surface area contributed by atoms with Crippen molar-refractivity contribution in [3.05, 3.63) is 24.3 Å². The van der Waals surface area contributed by atoms with E-state index in [-0.39, 0.29) is 34.0 Å². The van der Waals surface area contributed by atoms with Crippen molar-refractivity contribution in [3.8, 4) is 0 Å². The number of rotatable bonds is 4. The maximum absolute atomic E-state index is 12.9. The van der Waals surface area contributed by atoms with Crippen molar-refractivity contribution in [2.75, 3.05) is 18.8 Å². The Bertz CT molecular complexity index is 795. The Morgan fingerprint density at radius 2 is 1.75 bits per heavy atom. The van der Waals surface area contributed by atoms with E-state index in [2.05, 4.69) is 5.32 Å². The Hall–Kier alpha value is -0.670. The third-order valence-corrected chi connectivity index (χ3v) is 8.26. The largest absolute Gasteiger partial charge is 0.310 e. The minimum absolute atomic E-state index is 0. The highest BCUT2D eigenvalue weighted by molar-refractivity contribution is 7.91. The summed E-state index contributed by atoms with van der Waals surface area (Å²) in [5.74, 6) is -0.0477. The first-order valence-corrected chi connectivity index (χ1v) is 11.0. The molecule has 2 unspecified atom stereocenters. The van der Waals surface area contributed by atoms with E-state index in [0.29, 0.717) is 19.1 Å². The molecule has 0 radical (unpaired) electrons. The summed E-state index contributed by atoms with van der Waals surface area (Å²) in [7, 11) is -7.09. The van der Waals surface area contributed by atoms with Gasteiger partial charge in [-0.1, -0.05) is 13.0 Å². The topological polar surface area (TPSA) is 83.5 Å². The number of hydrogen-bond donors (Lipinski definition) is 1. The second-order valence-electron chi connectivity index (χ2n) is 6.17. The molecule has 9 heteroatoms. The van der Waals surface area contributed by atoms with Crippen LogP contribution in [0.5, 0.6) is 0 Å². The summed E-state index contributed by atoms with van der Waals surface area (Å²) in [6.07, 6.45) is 2.88. The SMILES string of the molecule is CCS(=O)(=O)c1cccc(S(=O)(=O)N2CCC3CCC(C2)N3)c1.Cl. The van der Waals surface area contributed by atoms with Gasteiger partial charge < -0.3 is 5.32 Å². The molecule has 1 aromatic carbocycles. The molecule has 0 spiro atoms. The highest BCUT2D eigenvalue weighted by atomic mass is 35.5. The lowest BCUT2D eigenvalue weighted by Crippen LogP contribution is -2.39. The number of benzene rings is 1. The average Bonchev–Trinajstić information content (AvgIpc) is 2.86. The molecule has 6 nitrogen and oxygen atoms in total. The first kappa shape index (κ1) is 19.7. The van der Waals surface area contributed by atoms with E-state index < -0.39 is 19.9 Å². The van der Waals surface area contributed by atoms with Crippen LogP contribution in [0, 0.1) is 0 Å². The van der Waals surface area contributed by atoms with Crippen molar-refractivity contribution in [1.29, 1.82) is 0 Å². The molecule has 0 aliphatic carbocycles. The molecule has 3 rings (SSSR count). The number of nitrogens with zero attached hydrogens (tertiary/aromatic N) is 1. The van der Waals surface area contributed by atoms with E-state index in [1.165, 1.54) is 28.6 Å². The van der Waals surface area contributed by atoms with Crippen LogP contribution in [-0.4, -0.2) is 52.1 Å². The van der Waals surface area contributed by atoms with Crippen LogP contribution in [-0.2, 0) is 19.9 Å². The van der Waals surface area contributed by atoms with Crippen molar-refractivity contribution in [3.63, 3.8) is 0 Å². The van der Waals surface area contributed by atoms with Crippen LogP contribution in [0.15, 0.2) is 34.1 Å². The predicted molar refractivity (Wildman–Crippen MR) is 94.7 cm³/mol. The van der Waals surface area contributed by atoms with Crippen LogP contribution in [0.1, 0.15) is 26.2 Å². The second kappa shape index (κ2) is 7.29. The summed E-state index contributed by atoms with van der Waals surface area (Å²) < 4.78 is 51.3. The van der Waals surface area contributed by atoms with Gasteiger partial charge in [0.15, 0.2) is 9.84 Å². The molecule has 2 saturated heterocycles. The van der Waals surface area contributed by atoms with Crippen molar-refractivity contribution in [1.82, 2.24) is 9.62 Å². The summed E-state index contributed by atoms with van der Waals surface area (Å²) in [5, 5.41) is 3.45. The van der Waals surface area contributed by atoms with Gasteiger partial charge in [0.25, 0.3) is 0 Å². The monoisotopic (exact) mass is 394 g/mol. The minimum Gasteiger partial charge on any atom is -0.310 e. The number of nitrogens with one attached hydrogen (secondary N) is 1. The number of hydrogen-bond acceptors (Lipinski definition) is 5. The molecule has 1 aromatic rings. The van der Waals surface area contributed by atoms with E-state index in [0.717, 1.165) is 19.3 Å². The zero-order valence-electron chi connectivity index (χ0n) is 13.5.